The number of ether oxygens (including phenoxy) is 2. The summed E-state index contributed by atoms with van der Waals surface area (Å²) in [6, 6.07) is 14.4. The van der Waals surface area contributed by atoms with Gasteiger partial charge < -0.3 is 14.6 Å². The first-order chi connectivity index (χ1) is 14.9. The highest BCUT2D eigenvalue weighted by atomic mass is 16.5. The van der Waals surface area contributed by atoms with Crippen molar-refractivity contribution in [3.63, 3.8) is 0 Å². The van der Waals surface area contributed by atoms with E-state index in [9.17, 15) is 14.7 Å². The fourth-order valence-electron chi connectivity index (χ4n) is 4.79. The molecular weight excluding hydrogens is 394 g/mol. The molecule has 0 aromatic heterocycles. The minimum atomic E-state index is -0.711. The number of carbonyl (C=O) groups excluding carboxylic acids is 2. The van der Waals surface area contributed by atoms with E-state index in [4.69, 9.17) is 14.5 Å². The Morgan fingerprint density at radius 2 is 1.87 bits per heavy atom. The third-order valence-corrected chi connectivity index (χ3v) is 6.15. The third kappa shape index (κ3) is 3.74. The molecule has 3 unspecified atom stereocenters. The summed E-state index contributed by atoms with van der Waals surface area (Å²) in [7, 11) is 2.95. The first-order valence-corrected chi connectivity index (χ1v) is 10.3. The lowest BCUT2D eigenvalue weighted by Crippen LogP contribution is -2.37. The Labute approximate surface area is 181 Å². The summed E-state index contributed by atoms with van der Waals surface area (Å²) >= 11 is 0. The molecule has 160 valence electrons. The highest BCUT2D eigenvalue weighted by Crippen LogP contribution is 2.48. The van der Waals surface area contributed by atoms with Crippen LogP contribution < -0.4 is 4.74 Å². The predicted molar refractivity (Wildman–Crippen MR) is 116 cm³/mol. The number of rotatable bonds is 4. The number of benzene rings is 2. The van der Waals surface area contributed by atoms with Crippen LogP contribution in [0.15, 0.2) is 64.8 Å². The van der Waals surface area contributed by atoms with Gasteiger partial charge in [0, 0.05) is 35.2 Å². The van der Waals surface area contributed by atoms with Gasteiger partial charge in [-0.15, -0.1) is 0 Å². The first-order valence-electron chi connectivity index (χ1n) is 10.3. The highest BCUT2D eigenvalue weighted by molar-refractivity contribution is 6.09. The summed E-state index contributed by atoms with van der Waals surface area (Å²) in [5.41, 5.74) is 3.51. The molecule has 3 atom stereocenters. The van der Waals surface area contributed by atoms with E-state index in [0.717, 1.165) is 11.3 Å². The fraction of sp³-hybridized carbons (Fsp3) is 0.320. The molecule has 1 aliphatic carbocycles. The largest absolute Gasteiger partial charge is 0.508 e. The van der Waals surface area contributed by atoms with Crippen LogP contribution in [-0.2, 0) is 14.3 Å². The number of aromatic hydroxyl groups is 1. The Hall–Kier alpha value is -3.41. The lowest BCUT2D eigenvalue weighted by atomic mass is 9.69. The number of Topliss-reactive ketones (excluding diaryl/α,β-unsaturated/α-hetero) is 1. The monoisotopic (exact) mass is 419 g/mol. The van der Waals surface area contributed by atoms with Crippen LogP contribution in [0, 0.1) is 5.92 Å². The summed E-state index contributed by atoms with van der Waals surface area (Å²) in [5, 5.41) is 10.0. The lowest BCUT2D eigenvalue weighted by Gasteiger charge is -2.36. The van der Waals surface area contributed by atoms with Crippen molar-refractivity contribution < 1.29 is 24.2 Å². The molecule has 0 radical (unpaired) electrons. The van der Waals surface area contributed by atoms with Gasteiger partial charge >= 0.3 is 5.97 Å². The van der Waals surface area contributed by atoms with E-state index in [1.54, 1.807) is 32.2 Å². The van der Waals surface area contributed by atoms with Crippen LogP contribution in [0.5, 0.6) is 11.5 Å². The van der Waals surface area contributed by atoms with E-state index < -0.39 is 17.8 Å². The van der Waals surface area contributed by atoms with Gasteiger partial charge in [-0.05, 0) is 42.7 Å². The molecule has 2 aromatic rings. The average Bonchev–Trinajstić information content (AvgIpc) is 2.77. The Morgan fingerprint density at radius 3 is 2.58 bits per heavy atom. The van der Waals surface area contributed by atoms with Gasteiger partial charge in [0.1, 0.15) is 17.4 Å². The number of methoxy groups -OCH3 is 2. The van der Waals surface area contributed by atoms with Crippen molar-refractivity contribution in [3.8, 4) is 11.5 Å². The zero-order valence-electron chi connectivity index (χ0n) is 17.8. The molecular formula is C25H25NO5. The SMILES string of the molecule is COC(=O)C1C(C)=NC2=C(C(=O)CC(c3ccccc3OC)C2)C1c1cccc(O)c1. The van der Waals surface area contributed by atoms with E-state index in [2.05, 4.69) is 0 Å². The van der Waals surface area contributed by atoms with Crippen molar-refractivity contribution in [3.05, 3.63) is 70.9 Å². The quantitative estimate of drug-likeness (QED) is 0.753. The molecule has 0 saturated heterocycles. The van der Waals surface area contributed by atoms with Crippen LogP contribution in [-0.4, -0.2) is 36.8 Å². The molecule has 0 bridgehead atoms. The lowest BCUT2D eigenvalue weighted by molar-refractivity contribution is -0.143. The minimum Gasteiger partial charge on any atom is -0.508 e. The topological polar surface area (TPSA) is 85.2 Å². The Balaban J connectivity index is 1.83. The number of esters is 1. The van der Waals surface area contributed by atoms with Gasteiger partial charge in [0.25, 0.3) is 0 Å². The van der Waals surface area contributed by atoms with E-state index in [0.29, 0.717) is 35.4 Å². The molecule has 1 heterocycles. The van der Waals surface area contributed by atoms with Crippen molar-refractivity contribution in [2.24, 2.45) is 10.9 Å². The molecule has 4 rings (SSSR count). The second kappa shape index (κ2) is 8.38. The number of aliphatic imine (C=N–C) groups is 1. The number of nitrogens with zero attached hydrogens (tertiary/aromatic N) is 1. The molecule has 0 spiro atoms. The number of ketones is 1. The van der Waals surface area contributed by atoms with E-state index in [1.165, 1.54) is 7.11 Å². The smallest absolute Gasteiger partial charge is 0.315 e. The zero-order valence-corrected chi connectivity index (χ0v) is 17.8. The standard InChI is InChI=1S/C25H25NO5/c1-14-22(25(29)31-3)23(15-7-6-8-17(27)11-15)24-19(26-14)12-16(13-20(24)28)18-9-4-5-10-21(18)30-2/h4-11,16,22-23,27H,12-13H2,1-3H3. The van der Waals surface area contributed by atoms with Crippen LogP contribution in [0.25, 0.3) is 0 Å². The summed E-state index contributed by atoms with van der Waals surface area (Å²) in [4.78, 5) is 30.8. The molecule has 2 aliphatic rings. The van der Waals surface area contributed by atoms with E-state index in [1.807, 2.05) is 30.3 Å². The normalized spacial score (nSPS) is 23.1. The van der Waals surface area contributed by atoms with Gasteiger partial charge in [0.2, 0.25) is 0 Å². The second-order valence-electron chi connectivity index (χ2n) is 7.96. The maximum Gasteiger partial charge on any atom is 0.315 e. The Bertz CT molecular complexity index is 1100. The number of hydrogen-bond donors (Lipinski definition) is 1. The van der Waals surface area contributed by atoms with Crippen molar-refractivity contribution >= 4 is 17.5 Å². The molecule has 31 heavy (non-hydrogen) atoms. The zero-order chi connectivity index (χ0) is 22.1. The highest BCUT2D eigenvalue weighted by Gasteiger charge is 2.44. The summed E-state index contributed by atoms with van der Waals surface area (Å²) in [6.45, 7) is 1.79. The van der Waals surface area contributed by atoms with Crippen molar-refractivity contribution in [1.82, 2.24) is 0 Å². The Kier molecular flexibility index (Phi) is 5.63. The molecule has 0 saturated carbocycles. The number of carbonyl (C=O) groups is 2. The van der Waals surface area contributed by atoms with Gasteiger partial charge in [0.15, 0.2) is 5.78 Å². The number of phenolic OH excluding ortho intramolecular Hbond substituents is 1. The Morgan fingerprint density at radius 1 is 1.10 bits per heavy atom. The van der Waals surface area contributed by atoms with Crippen molar-refractivity contribution in [2.75, 3.05) is 14.2 Å². The van der Waals surface area contributed by atoms with Crippen molar-refractivity contribution in [2.45, 2.75) is 31.6 Å². The average molecular weight is 419 g/mol. The van der Waals surface area contributed by atoms with Crippen LogP contribution >= 0.6 is 0 Å². The molecule has 0 fully saturated rings. The van der Waals surface area contributed by atoms with E-state index >= 15 is 0 Å². The predicted octanol–water partition coefficient (Wildman–Crippen LogP) is 4.15. The van der Waals surface area contributed by atoms with Crippen LogP contribution in [0.1, 0.15) is 42.7 Å². The number of allylic oxidation sites excluding steroid dienone is 2. The van der Waals surface area contributed by atoms with Gasteiger partial charge in [-0.2, -0.15) is 0 Å². The molecule has 2 aromatic carbocycles. The van der Waals surface area contributed by atoms with Crippen LogP contribution in [0.4, 0.5) is 0 Å². The summed E-state index contributed by atoms with van der Waals surface area (Å²) in [5.74, 6) is -0.971. The fourth-order valence-corrected chi connectivity index (χ4v) is 4.79. The minimum absolute atomic E-state index is 0.0457. The number of hydrogen-bond acceptors (Lipinski definition) is 6. The van der Waals surface area contributed by atoms with E-state index in [-0.39, 0.29) is 17.5 Å². The number of phenols is 1. The van der Waals surface area contributed by atoms with Crippen LogP contribution in [0.3, 0.4) is 0 Å². The number of para-hydroxylation sites is 1. The molecule has 1 aliphatic heterocycles. The maximum absolute atomic E-state index is 13.5. The second-order valence-corrected chi connectivity index (χ2v) is 7.96. The van der Waals surface area contributed by atoms with Crippen LogP contribution in [0.2, 0.25) is 0 Å². The maximum atomic E-state index is 13.5. The molecule has 0 amide bonds. The van der Waals surface area contributed by atoms with Gasteiger partial charge in [-0.3, -0.25) is 14.6 Å². The molecule has 6 heteroatoms. The van der Waals surface area contributed by atoms with Gasteiger partial charge in [-0.25, -0.2) is 0 Å². The first kappa shape index (κ1) is 20.8. The third-order valence-electron chi connectivity index (χ3n) is 6.15. The van der Waals surface area contributed by atoms with Gasteiger partial charge in [-0.1, -0.05) is 30.3 Å². The molecule has 6 nitrogen and oxygen atoms in total. The van der Waals surface area contributed by atoms with Gasteiger partial charge in [0.05, 0.1) is 14.2 Å². The van der Waals surface area contributed by atoms with Crippen molar-refractivity contribution in [1.29, 1.82) is 0 Å². The summed E-state index contributed by atoms with van der Waals surface area (Å²) < 4.78 is 10.6. The molecule has 1 N–H and O–H groups in total. The summed E-state index contributed by atoms with van der Waals surface area (Å²) in [6.07, 6.45) is 0.874.